The van der Waals surface area contributed by atoms with E-state index in [2.05, 4.69) is 10.1 Å². The average Bonchev–Trinajstić information content (AvgIpc) is 2.86. The normalized spacial score (nSPS) is 18.3. The molecule has 1 aliphatic carbocycles. The first kappa shape index (κ1) is 9.59. The fraction of sp³-hybridized carbons (Fsp3) is 0.455. The molecule has 5 nitrogen and oxygen atoms in total. The van der Waals surface area contributed by atoms with Crippen LogP contribution in [0.25, 0.3) is 11.6 Å². The van der Waals surface area contributed by atoms with Crippen molar-refractivity contribution in [3.63, 3.8) is 0 Å². The predicted molar refractivity (Wildman–Crippen MR) is 56.6 cm³/mol. The van der Waals surface area contributed by atoms with Gasteiger partial charge in [0.2, 0.25) is 11.7 Å². The SMILES string of the molecule is NCC1(c2nc(-c3ccco3)no2)CCC1. The lowest BCUT2D eigenvalue weighted by Crippen LogP contribution is -2.41. The topological polar surface area (TPSA) is 78.1 Å². The van der Waals surface area contributed by atoms with Gasteiger partial charge >= 0.3 is 0 Å². The van der Waals surface area contributed by atoms with E-state index in [1.807, 2.05) is 6.07 Å². The van der Waals surface area contributed by atoms with E-state index in [-0.39, 0.29) is 5.41 Å². The average molecular weight is 219 g/mol. The maximum absolute atomic E-state index is 5.78. The molecule has 1 fully saturated rings. The van der Waals surface area contributed by atoms with Gasteiger partial charge in [-0.1, -0.05) is 11.6 Å². The van der Waals surface area contributed by atoms with Crippen molar-refractivity contribution in [1.29, 1.82) is 0 Å². The van der Waals surface area contributed by atoms with Crippen LogP contribution in [0.15, 0.2) is 27.3 Å². The molecule has 2 heterocycles. The van der Waals surface area contributed by atoms with Gasteiger partial charge in [-0.05, 0) is 25.0 Å². The van der Waals surface area contributed by atoms with Crippen molar-refractivity contribution < 1.29 is 8.94 Å². The third-order valence-electron chi connectivity index (χ3n) is 3.32. The van der Waals surface area contributed by atoms with Gasteiger partial charge in [-0.2, -0.15) is 4.98 Å². The Kier molecular flexibility index (Phi) is 2.07. The summed E-state index contributed by atoms with van der Waals surface area (Å²) in [6.07, 6.45) is 4.83. The van der Waals surface area contributed by atoms with E-state index in [1.54, 1.807) is 12.3 Å². The van der Waals surface area contributed by atoms with Crippen LogP contribution in [0.1, 0.15) is 25.2 Å². The molecule has 2 aromatic heterocycles. The van der Waals surface area contributed by atoms with Crippen molar-refractivity contribution in [2.45, 2.75) is 24.7 Å². The summed E-state index contributed by atoms with van der Waals surface area (Å²) in [7, 11) is 0. The minimum absolute atomic E-state index is 0.0855. The Morgan fingerprint density at radius 3 is 2.88 bits per heavy atom. The Hall–Kier alpha value is -1.62. The maximum Gasteiger partial charge on any atom is 0.238 e. The standard InChI is InChI=1S/C11H13N3O2/c12-7-11(4-2-5-11)10-13-9(14-16-10)8-3-1-6-15-8/h1,3,6H,2,4-5,7,12H2. The van der Waals surface area contributed by atoms with Crippen LogP contribution in [0.3, 0.4) is 0 Å². The Morgan fingerprint density at radius 2 is 2.31 bits per heavy atom. The second-order valence-corrected chi connectivity index (χ2v) is 4.24. The molecule has 0 aliphatic heterocycles. The van der Waals surface area contributed by atoms with Gasteiger partial charge in [0, 0.05) is 6.54 Å². The monoisotopic (exact) mass is 219 g/mol. The summed E-state index contributed by atoms with van der Waals surface area (Å²) in [6, 6.07) is 3.61. The number of hydrogen-bond donors (Lipinski definition) is 1. The van der Waals surface area contributed by atoms with Gasteiger partial charge in [0.15, 0.2) is 5.76 Å². The summed E-state index contributed by atoms with van der Waals surface area (Å²) < 4.78 is 10.5. The fourth-order valence-electron chi connectivity index (χ4n) is 2.05. The fourth-order valence-corrected chi connectivity index (χ4v) is 2.05. The minimum Gasteiger partial charge on any atom is -0.461 e. The highest BCUT2D eigenvalue weighted by atomic mass is 16.5. The predicted octanol–water partition coefficient (Wildman–Crippen LogP) is 1.71. The molecule has 1 saturated carbocycles. The van der Waals surface area contributed by atoms with Crippen LogP contribution in [0, 0.1) is 0 Å². The van der Waals surface area contributed by atoms with Gasteiger partial charge in [-0.15, -0.1) is 0 Å². The van der Waals surface area contributed by atoms with Crippen molar-refractivity contribution in [2.24, 2.45) is 5.73 Å². The first-order valence-electron chi connectivity index (χ1n) is 5.42. The highest BCUT2D eigenvalue weighted by Crippen LogP contribution is 2.42. The van der Waals surface area contributed by atoms with E-state index >= 15 is 0 Å². The van der Waals surface area contributed by atoms with Crippen LogP contribution in [-0.4, -0.2) is 16.7 Å². The number of rotatable bonds is 3. The van der Waals surface area contributed by atoms with Gasteiger partial charge in [0.25, 0.3) is 0 Å². The van der Waals surface area contributed by atoms with Crippen LogP contribution >= 0.6 is 0 Å². The Morgan fingerprint density at radius 1 is 1.44 bits per heavy atom. The number of aromatic nitrogens is 2. The third kappa shape index (κ3) is 1.28. The van der Waals surface area contributed by atoms with E-state index < -0.39 is 0 Å². The Bertz CT molecular complexity index is 466. The lowest BCUT2D eigenvalue weighted by Gasteiger charge is -2.36. The summed E-state index contributed by atoms with van der Waals surface area (Å²) in [5, 5.41) is 3.92. The Labute approximate surface area is 92.6 Å². The summed E-state index contributed by atoms with van der Waals surface area (Å²) >= 11 is 0. The van der Waals surface area contributed by atoms with Crippen LogP contribution < -0.4 is 5.73 Å². The van der Waals surface area contributed by atoms with E-state index in [9.17, 15) is 0 Å². The molecule has 0 atom stereocenters. The number of hydrogen-bond acceptors (Lipinski definition) is 5. The molecular formula is C11H13N3O2. The second-order valence-electron chi connectivity index (χ2n) is 4.24. The van der Waals surface area contributed by atoms with Crippen LogP contribution in [0.5, 0.6) is 0 Å². The number of nitrogens with zero attached hydrogens (tertiary/aromatic N) is 2. The molecule has 2 aromatic rings. The van der Waals surface area contributed by atoms with E-state index in [4.69, 9.17) is 14.7 Å². The van der Waals surface area contributed by atoms with Crippen molar-refractivity contribution in [3.05, 3.63) is 24.3 Å². The zero-order chi connectivity index (χ0) is 11.0. The quantitative estimate of drug-likeness (QED) is 0.850. The minimum atomic E-state index is -0.0855. The molecular weight excluding hydrogens is 206 g/mol. The van der Waals surface area contributed by atoms with E-state index in [1.165, 1.54) is 6.42 Å². The van der Waals surface area contributed by atoms with Gasteiger partial charge in [-0.25, -0.2) is 0 Å². The molecule has 0 bridgehead atoms. The van der Waals surface area contributed by atoms with Crippen molar-refractivity contribution in [2.75, 3.05) is 6.54 Å². The van der Waals surface area contributed by atoms with Crippen molar-refractivity contribution in [1.82, 2.24) is 10.1 Å². The number of nitrogens with two attached hydrogens (primary N) is 1. The molecule has 84 valence electrons. The highest BCUT2D eigenvalue weighted by Gasteiger charge is 2.42. The van der Waals surface area contributed by atoms with Crippen LogP contribution in [-0.2, 0) is 5.41 Å². The van der Waals surface area contributed by atoms with E-state index in [0.29, 0.717) is 24.0 Å². The second kappa shape index (κ2) is 3.45. The largest absolute Gasteiger partial charge is 0.461 e. The lowest BCUT2D eigenvalue weighted by atomic mass is 9.69. The molecule has 5 heteroatoms. The maximum atomic E-state index is 5.78. The molecule has 1 aliphatic rings. The van der Waals surface area contributed by atoms with Gasteiger partial charge in [-0.3, -0.25) is 0 Å². The number of furan rings is 1. The van der Waals surface area contributed by atoms with Crippen molar-refractivity contribution >= 4 is 0 Å². The van der Waals surface area contributed by atoms with Gasteiger partial charge in [0.1, 0.15) is 0 Å². The summed E-state index contributed by atoms with van der Waals surface area (Å²) in [5.41, 5.74) is 5.69. The molecule has 2 N–H and O–H groups in total. The first-order chi connectivity index (χ1) is 7.84. The van der Waals surface area contributed by atoms with Gasteiger partial charge in [0.05, 0.1) is 11.7 Å². The molecule has 0 amide bonds. The third-order valence-corrected chi connectivity index (χ3v) is 3.32. The Balaban J connectivity index is 1.93. The molecule has 0 saturated heterocycles. The van der Waals surface area contributed by atoms with Crippen LogP contribution in [0.2, 0.25) is 0 Å². The lowest BCUT2D eigenvalue weighted by molar-refractivity contribution is 0.182. The van der Waals surface area contributed by atoms with E-state index in [0.717, 1.165) is 12.8 Å². The van der Waals surface area contributed by atoms with Crippen LogP contribution in [0.4, 0.5) is 0 Å². The molecule has 16 heavy (non-hydrogen) atoms. The van der Waals surface area contributed by atoms with Gasteiger partial charge < -0.3 is 14.7 Å². The smallest absolute Gasteiger partial charge is 0.238 e. The van der Waals surface area contributed by atoms with Crippen molar-refractivity contribution in [3.8, 4) is 11.6 Å². The summed E-state index contributed by atoms with van der Waals surface area (Å²) in [4.78, 5) is 4.37. The molecule has 0 spiro atoms. The molecule has 3 rings (SSSR count). The molecule has 0 radical (unpaired) electrons. The zero-order valence-corrected chi connectivity index (χ0v) is 8.85. The molecule has 0 aromatic carbocycles. The first-order valence-corrected chi connectivity index (χ1v) is 5.42. The highest BCUT2D eigenvalue weighted by molar-refractivity contribution is 5.45. The molecule has 0 unspecified atom stereocenters. The summed E-state index contributed by atoms with van der Waals surface area (Å²) in [6.45, 7) is 0.562. The summed E-state index contributed by atoms with van der Waals surface area (Å²) in [5.74, 6) is 1.77. The zero-order valence-electron chi connectivity index (χ0n) is 8.85.